The summed E-state index contributed by atoms with van der Waals surface area (Å²) in [4.78, 5) is 9.86. The third-order valence-corrected chi connectivity index (χ3v) is 1.45. The van der Waals surface area contributed by atoms with Gasteiger partial charge in [0.25, 0.3) is 0 Å². The molecule has 43 valence electrons. The third-order valence-electron chi connectivity index (χ3n) is 1.45. The molecule has 1 aliphatic carbocycles. The van der Waals surface area contributed by atoms with E-state index >= 15 is 0 Å². The van der Waals surface area contributed by atoms with Gasteiger partial charge < -0.3 is 10.5 Å². The molecule has 0 aromatic rings. The zero-order valence-corrected chi connectivity index (χ0v) is 7.52. The van der Waals surface area contributed by atoms with E-state index in [1.807, 2.05) is 0 Å². The van der Waals surface area contributed by atoms with Crippen molar-refractivity contribution in [2.45, 2.75) is 24.8 Å². The van der Waals surface area contributed by atoms with Gasteiger partial charge in [-0.15, -0.1) is 0 Å². The number of carbonyl (C=O) groups excluding carboxylic acids is 1. The van der Waals surface area contributed by atoms with E-state index in [4.69, 9.17) is 5.73 Å². The summed E-state index contributed by atoms with van der Waals surface area (Å²) in [6, 6.07) is 0. The van der Waals surface area contributed by atoms with Crippen LogP contribution in [0.4, 0.5) is 0 Å². The van der Waals surface area contributed by atoms with Gasteiger partial charge in [-0.2, -0.15) is 0 Å². The van der Waals surface area contributed by atoms with Gasteiger partial charge >= 0.3 is 0 Å². The first-order chi connectivity index (χ1) is 3.27. The molecule has 0 unspecified atom stereocenters. The van der Waals surface area contributed by atoms with Gasteiger partial charge in [0.1, 0.15) is 0 Å². The van der Waals surface area contributed by atoms with Crippen molar-refractivity contribution in [2.24, 2.45) is 5.73 Å². The molecule has 2 N–H and O–H groups in total. The maximum atomic E-state index is 9.86. The molecule has 1 aliphatic rings. The summed E-state index contributed by atoms with van der Waals surface area (Å²) in [7, 11) is 0. The summed E-state index contributed by atoms with van der Waals surface area (Å²) in [5.74, 6) is 0. The zero-order valence-electron chi connectivity index (χ0n) is 4.68. The number of rotatable bonds is 1. The molecule has 0 atom stereocenters. The minimum absolute atomic E-state index is 0. The predicted molar refractivity (Wildman–Crippen MR) is 26.5 cm³/mol. The normalized spacial score (nSPS) is 22.6. The Morgan fingerprint density at radius 2 is 2.00 bits per heavy atom. The first kappa shape index (κ1) is 8.73. The Hall–Kier alpha value is 0.734. The summed E-state index contributed by atoms with van der Waals surface area (Å²) in [6.45, 7) is 0. The van der Waals surface area contributed by atoms with Crippen LogP contribution in [0.1, 0.15) is 19.3 Å². The molecule has 0 saturated heterocycles. The van der Waals surface area contributed by atoms with Crippen molar-refractivity contribution in [1.82, 2.24) is 0 Å². The van der Waals surface area contributed by atoms with E-state index in [-0.39, 0.29) is 32.7 Å². The van der Waals surface area contributed by atoms with Crippen molar-refractivity contribution in [1.29, 1.82) is 0 Å². The van der Waals surface area contributed by atoms with Crippen LogP contribution in [0.25, 0.3) is 0 Å². The number of hydrogen-bond donors (Lipinski definition) is 1. The Kier molecular flexibility index (Phi) is 3.32. The average molecular weight is 187 g/mol. The molecule has 2 nitrogen and oxygen atoms in total. The summed E-state index contributed by atoms with van der Waals surface area (Å²) >= 11 is 0. The van der Waals surface area contributed by atoms with Gasteiger partial charge in [-0.05, 0) is 0 Å². The Morgan fingerprint density at radius 3 is 2.00 bits per heavy atom. The van der Waals surface area contributed by atoms with E-state index in [1.54, 1.807) is 6.29 Å². The van der Waals surface area contributed by atoms with Gasteiger partial charge in [-0.1, -0.05) is 24.8 Å². The van der Waals surface area contributed by atoms with Crippen LogP contribution in [-0.2, 0) is 37.5 Å². The van der Waals surface area contributed by atoms with Crippen LogP contribution in [0.15, 0.2) is 0 Å². The molecule has 0 spiro atoms. The molecule has 0 aliphatic heterocycles. The van der Waals surface area contributed by atoms with E-state index in [0.29, 0.717) is 0 Å². The fourth-order valence-electron chi connectivity index (χ4n) is 0.660. The van der Waals surface area contributed by atoms with Gasteiger partial charge in [0.15, 0.2) is 0 Å². The Labute approximate surface area is 74.1 Å². The summed E-state index contributed by atoms with van der Waals surface area (Å²) in [6.07, 6.45) is 4.55. The van der Waals surface area contributed by atoms with Crippen molar-refractivity contribution in [3.63, 3.8) is 0 Å². The van der Waals surface area contributed by atoms with E-state index in [1.165, 1.54) is 0 Å². The number of hydrogen-bond acceptors (Lipinski definition) is 2. The monoisotopic (exact) mass is 187 g/mol. The molecule has 3 heteroatoms. The number of nitrogens with two attached hydrogens (primary N) is 1. The second-order valence-electron chi connectivity index (χ2n) is 2.11. The Balaban J connectivity index is 0.000000490. The van der Waals surface area contributed by atoms with Crippen LogP contribution in [0, 0.1) is 0 Å². The van der Waals surface area contributed by atoms with Crippen LogP contribution in [-0.4, -0.2) is 11.8 Å². The van der Waals surface area contributed by atoms with E-state index in [2.05, 4.69) is 0 Å². The molecule has 0 aromatic heterocycles. The van der Waals surface area contributed by atoms with Gasteiger partial charge in [0, 0.05) is 32.7 Å². The molecule has 0 bridgehead atoms. The summed E-state index contributed by atoms with van der Waals surface area (Å²) in [5, 5.41) is 0. The SMILES string of the molecule is NC1([C-]=O)CCC1.[Y]. The average Bonchev–Trinajstić information content (AvgIpc) is 1.61. The fraction of sp³-hybridized carbons (Fsp3) is 0.800. The molecule has 1 fully saturated rings. The van der Waals surface area contributed by atoms with Crippen LogP contribution < -0.4 is 5.73 Å². The minimum Gasteiger partial charge on any atom is -0.540 e. The second-order valence-corrected chi connectivity index (χ2v) is 2.11. The van der Waals surface area contributed by atoms with Crippen LogP contribution in [0.5, 0.6) is 0 Å². The van der Waals surface area contributed by atoms with Crippen LogP contribution >= 0.6 is 0 Å². The van der Waals surface area contributed by atoms with E-state index in [0.717, 1.165) is 19.3 Å². The molecule has 8 heavy (non-hydrogen) atoms. The first-order valence-corrected chi connectivity index (χ1v) is 2.45. The molecule has 1 rings (SSSR count). The smallest absolute Gasteiger partial charge is 0 e. The predicted octanol–water partition coefficient (Wildman–Crippen LogP) is -0.0250. The van der Waals surface area contributed by atoms with Crippen molar-refractivity contribution < 1.29 is 37.5 Å². The largest absolute Gasteiger partial charge is 0.540 e. The van der Waals surface area contributed by atoms with E-state index < -0.39 is 5.54 Å². The summed E-state index contributed by atoms with van der Waals surface area (Å²) < 4.78 is 0. The second kappa shape index (κ2) is 3.04. The van der Waals surface area contributed by atoms with Crippen LogP contribution in [0.3, 0.4) is 0 Å². The maximum Gasteiger partial charge on any atom is 0 e. The van der Waals surface area contributed by atoms with Crippen LogP contribution in [0.2, 0.25) is 0 Å². The van der Waals surface area contributed by atoms with Crippen molar-refractivity contribution >= 4 is 6.29 Å². The Morgan fingerprint density at radius 1 is 1.50 bits per heavy atom. The van der Waals surface area contributed by atoms with Crippen molar-refractivity contribution in [2.75, 3.05) is 0 Å². The maximum absolute atomic E-state index is 9.86. The topological polar surface area (TPSA) is 43.1 Å². The van der Waals surface area contributed by atoms with Gasteiger partial charge in [0.05, 0.1) is 0 Å². The van der Waals surface area contributed by atoms with Gasteiger partial charge in [-0.25, -0.2) is 6.29 Å². The summed E-state index contributed by atoms with van der Waals surface area (Å²) in [5.41, 5.74) is 4.84. The fourth-order valence-corrected chi connectivity index (χ4v) is 0.660. The molecular weight excluding hydrogens is 179 g/mol. The van der Waals surface area contributed by atoms with Crippen molar-refractivity contribution in [3.8, 4) is 0 Å². The zero-order chi connectivity index (χ0) is 5.33. The minimum atomic E-state index is -0.542. The first-order valence-electron chi connectivity index (χ1n) is 2.45. The van der Waals surface area contributed by atoms with E-state index in [9.17, 15) is 4.79 Å². The molecule has 1 saturated carbocycles. The third kappa shape index (κ3) is 1.61. The molecule has 0 heterocycles. The molecule has 1 radical (unpaired) electrons. The molecular formula is C5H8NOY-. The standard InChI is InChI=1S/C5H8NO.Y/c6-5(4-7)2-1-3-5;/h1-3,6H2;/q-1;. The quantitative estimate of drug-likeness (QED) is 0.586. The van der Waals surface area contributed by atoms with Crippen molar-refractivity contribution in [3.05, 3.63) is 0 Å². The Bertz CT molecular complexity index is 90.4. The van der Waals surface area contributed by atoms with Gasteiger partial charge in [-0.3, -0.25) is 0 Å². The molecule has 0 aromatic carbocycles. The molecule has 0 amide bonds. The van der Waals surface area contributed by atoms with Gasteiger partial charge in [0.2, 0.25) is 0 Å².